The molecule has 8 heteroatoms. The molecule has 1 amide bonds. The van der Waals surface area contributed by atoms with E-state index >= 15 is 0 Å². The Hall–Kier alpha value is -1.99. The van der Waals surface area contributed by atoms with E-state index in [-0.39, 0.29) is 12.2 Å². The first-order valence-electron chi connectivity index (χ1n) is 4.23. The second-order valence-corrected chi connectivity index (χ2v) is 2.72. The molecule has 0 atom stereocenters. The number of rotatable bonds is 4. The third-order valence-corrected chi connectivity index (χ3v) is 1.66. The van der Waals surface area contributed by atoms with Crippen LogP contribution < -0.4 is 5.32 Å². The van der Waals surface area contributed by atoms with Crippen molar-refractivity contribution in [3.8, 4) is 0 Å². The minimum absolute atomic E-state index is 0.191. The van der Waals surface area contributed by atoms with Crippen LogP contribution >= 0.6 is 0 Å². The molecule has 0 aliphatic heterocycles. The maximum absolute atomic E-state index is 12.1. The van der Waals surface area contributed by atoms with Crippen LogP contribution in [0, 0.1) is 0 Å². The van der Waals surface area contributed by atoms with E-state index in [0.717, 1.165) is 12.3 Å². The van der Waals surface area contributed by atoms with Crippen LogP contribution in [0.4, 0.5) is 8.78 Å². The second kappa shape index (κ2) is 5.19. The van der Waals surface area contributed by atoms with Crippen molar-refractivity contribution in [1.82, 2.24) is 15.1 Å². The molecule has 0 aromatic carbocycles. The van der Waals surface area contributed by atoms with Gasteiger partial charge < -0.3 is 10.1 Å². The fourth-order valence-electron chi connectivity index (χ4n) is 0.883. The predicted molar refractivity (Wildman–Crippen MR) is 47.8 cm³/mol. The lowest BCUT2D eigenvalue weighted by Gasteiger charge is -2.01. The van der Waals surface area contributed by atoms with E-state index in [2.05, 4.69) is 15.2 Å². The Kier molecular flexibility index (Phi) is 3.92. The summed E-state index contributed by atoms with van der Waals surface area (Å²) in [6.07, 6.45) is 0.970. The summed E-state index contributed by atoms with van der Waals surface area (Å²) in [6, 6.07) is 1.12. The third kappa shape index (κ3) is 3.01. The van der Waals surface area contributed by atoms with Crippen molar-refractivity contribution in [3.63, 3.8) is 0 Å². The highest BCUT2D eigenvalue weighted by Crippen LogP contribution is 2.08. The highest BCUT2D eigenvalue weighted by molar-refractivity contribution is 5.94. The zero-order valence-corrected chi connectivity index (χ0v) is 8.31. The highest BCUT2D eigenvalue weighted by atomic mass is 19.3. The maximum Gasteiger partial charge on any atom is 0.333 e. The molecule has 16 heavy (non-hydrogen) atoms. The number of nitrogens with one attached hydrogen (secondary N) is 1. The first-order valence-corrected chi connectivity index (χ1v) is 4.23. The molecule has 6 nitrogen and oxygen atoms in total. The molecule has 1 N–H and O–H groups in total. The summed E-state index contributed by atoms with van der Waals surface area (Å²) in [4.78, 5) is 21.9. The Bertz CT molecular complexity index is 392. The molecule has 0 unspecified atom stereocenters. The molecule has 0 aliphatic carbocycles. The van der Waals surface area contributed by atoms with Gasteiger partial charge in [-0.1, -0.05) is 0 Å². The van der Waals surface area contributed by atoms with Gasteiger partial charge in [0, 0.05) is 6.20 Å². The summed E-state index contributed by atoms with van der Waals surface area (Å²) < 4.78 is 28.8. The van der Waals surface area contributed by atoms with E-state index in [1.165, 1.54) is 7.11 Å². The number of carbonyl (C=O) groups is 2. The Morgan fingerprint density at radius 3 is 2.81 bits per heavy atom. The van der Waals surface area contributed by atoms with Crippen LogP contribution in [0.15, 0.2) is 12.3 Å². The zero-order valence-electron chi connectivity index (χ0n) is 8.31. The lowest BCUT2D eigenvalue weighted by molar-refractivity contribution is -0.139. The smallest absolute Gasteiger partial charge is 0.333 e. The number of amides is 1. The van der Waals surface area contributed by atoms with Crippen LogP contribution in [0.2, 0.25) is 0 Å². The molecular weight excluding hydrogens is 224 g/mol. The number of aromatic nitrogens is 2. The number of carbonyl (C=O) groups excluding carboxylic acids is 2. The van der Waals surface area contributed by atoms with Gasteiger partial charge in [0.15, 0.2) is 0 Å². The number of methoxy groups -OCH3 is 1. The van der Waals surface area contributed by atoms with Gasteiger partial charge in [0.1, 0.15) is 12.2 Å². The van der Waals surface area contributed by atoms with E-state index in [1.807, 2.05) is 0 Å². The first kappa shape index (κ1) is 12.1. The molecule has 0 aliphatic rings. The summed E-state index contributed by atoms with van der Waals surface area (Å²) >= 11 is 0. The average Bonchev–Trinajstić information content (AvgIpc) is 2.74. The summed E-state index contributed by atoms with van der Waals surface area (Å²) in [6.45, 7) is -3.14. The van der Waals surface area contributed by atoms with Crippen molar-refractivity contribution >= 4 is 11.9 Å². The highest BCUT2D eigenvalue weighted by Gasteiger charge is 2.13. The van der Waals surface area contributed by atoms with Gasteiger partial charge in [-0.05, 0) is 6.07 Å². The van der Waals surface area contributed by atoms with Crippen LogP contribution in [0.25, 0.3) is 0 Å². The van der Waals surface area contributed by atoms with Crippen LogP contribution in [0.5, 0.6) is 0 Å². The van der Waals surface area contributed by atoms with E-state index in [0.29, 0.717) is 4.68 Å². The lowest BCUT2D eigenvalue weighted by Crippen LogP contribution is -2.30. The number of alkyl halides is 2. The lowest BCUT2D eigenvalue weighted by atomic mass is 10.4. The van der Waals surface area contributed by atoms with Gasteiger partial charge >= 0.3 is 12.5 Å². The van der Waals surface area contributed by atoms with Crippen LogP contribution in [-0.2, 0) is 9.53 Å². The van der Waals surface area contributed by atoms with E-state index in [4.69, 9.17) is 0 Å². The summed E-state index contributed by atoms with van der Waals surface area (Å²) in [5.74, 6) is -1.36. The molecule has 0 bridgehead atoms. The van der Waals surface area contributed by atoms with Crippen molar-refractivity contribution < 1.29 is 23.1 Å². The van der Waals surface area contributed by atoms with Gasteiger partial charge in [-0.25, -0.2) is 4.68 Å². The number of hydrogen-bond acceptors (Lipinski definition) is 4. The Morgan fingerprint density at radius 2 is 2.31 bits per heavy atom. The van der Waals surface area contributed by atoms with E-state index in [1.54, 1.807) is 0 Å². The standard InChI is InChI=1S/C8H9F2N3O3/c1-16-6(14)4-11-7(15)5-2-3-13(12-5)8(9)10/h2-3,8H,4H2,1H3,(H,11,15). The SMILES string of the molecule is COC(=O)CNC(=O)c1ccn(C(F)F)n1. The molecule has 1 aromatic heterocycles. The number of esters is 1. The van der Waals surface area contributed by atoms with Crippen molar-refractivity contribution in [1.29, 1.82) is 0 Å². The third-order valence-electron chi connectivity index (χ3n) is 1.66. The molecule has 0 fully saturated rings. The number of ether oxygens (including phenoxy) is 1. The monoisotopic (exact) mass is 233 g/mol. The van der Waals surface area contributed by atoms with Crippen molar-refractivity contribution in [2.45, 2.75) is 6.55 Å². The Morgan fingerprint density at radius 1 is 1.62 bits per heavy atom. The minimum atomic E-state index is -2.80. The molecule has 88 valence electrons. The molecule has 1 aromatic rings. The molecule has 0 saturated carbocycles. The van der Waals surface area contributed by atoms with Gasteiger partial charge in [-0.2, -0.15) is 13.9 Å². The number of halogens is 2. The molecule has 0 saturated heterocycles. The maximum atomic E-state index is 12.1. The van der Waals surface area contributed by atoms with Crippen molar-refractivity contribution in [3.05, 3.63) is 18.0 Å². The topological polar surface area (TPSA) is 73.2 Å². The first-order chi connectivity index (χ1) is 7.54. The largest absolute Gasteiger partial charge is 0.468 e. The normalized spacial score (nSPS) is 10.2. The fraction of sp³-hybridized carbons (Fsp3) is 0.375. The summed E-state index contributed by atoms with van der Waals surface area (Å²) in [5, 5.41) is 5.48. The van der Waals surface area contributed by atoms with Crippen molar-refractivity contribution in [2.24, 2.45) is 0 Å². The molecular formula is C8H9F2N3O3. The minimum Gasteiger partial charge on any atom is -0.468 e. The average molecular weight is 233 g/mol. The fourth-order valence-corrected chi connectivity index (χ4v) is 0.883. The number of hydrogen-bond donors (Lipinski definition) is 1. The van der Waals surface area contributed by atoms with Gasteiger partial charge in [0.2, 0.25) is 0 Å². The summed E-state index contributed by atoms with van der Waals surface area (Å²) in [7, 11) is 1.17. The van der Waals surface area contributed by atoms with E-state index in [9.17, 15) is 18.4 Å². The van der Waals surface area contributed by atoms with Crippen LogP contribution in [-0.4, -0.2) is 35.3 Å². The Balaban J connectivity index is 2.56. The zero-order chi connectivity index (χ0) is 12.1. The van der Waals surface area contributed by atoms with Crippen molar-refractivity contribution in [2.75, 3.05) is 13.7 Å². The van der Waals surface area contributed by atoms with E-state index < -0.39 is 18.4 Å². The second-order valence-electron chi connectivity index (χ2n) is 2.72. The molecule has 1 heterocycles. The predicted octanol–water partition coefficient (Wildman–Crippen LogP) is 0.181. The molecule has 1 rings (SSSR count). The number of nitrogens with zero attached hydrogens (tertiary/aromatic N) is 2. The Labute approximate surface area is 89.2 Å². The van der Waals surface area contributed by atoms with Gasteiger partial charge in [0.05, 0.1) is 7.11 Å². The van der Waals surface area contributed by atoms with Gasteiger partial charge in [-0.15, -0.1) is 0 Å². The van der Waals surface area contributed by atoms with Gasteiger partial charge in [0.25, 0.3) is 5.91 Å². The quantitative estimate of drug-likeness (QED) is 0.753. The van der Waals surface area contributed by atoms with Crippen LogP contribution in [0.1, 0.15) is 17.0 Å². The summed E-state index contributed by atoms with van der Waals surface area (Å²) in [5.41, 5.74) is -0.191. The van der Waals surface area contributed by atoms with Crippen LogP contribution in [0.3, 0.4) is 0 Å². The molecule has 0 radical (unpaired) electrons. The molecule has 0 spiro atoms. The van der Waals surface area contributed by atoms with Gasteiger partial charge in [-0.3, -0.25) is 9.59 Å².